The molecule has 0 saturated heterocycles. The van der Waals surface area contributed by atoms with E-state index in [0.717, 1.165) is 38.0 Å². The van der Waals surface area contributed by atoms with E-state index in [-0.39, 0.29) is 39.0 Å². The van der Waals surface area contributed by atoms with Crippen molar-refractivity contribution in [2.24, 2.45) is 0 Å². The molecular formula is C48H98Co2O9Si4. The Balaban J connectivity index is -0.0000000318. The van der Waals surface area contributed by atoms with Crippen molar-refractivity contribution in [1.82, 2.24) is 0 Å². The van der Waals surface area contributed by atoms with Crippen LogP contribution in [0.2, 0.25) is 63.5 Å². The molecule has 378 valence electrons. The largest absolute Gasteiger partial charge is 3.00 e. The van der Waals surface area contributed by atoms with Crippen LogP contribution in [-0.2, 0) is 71.0 Å². The number of unbranched alkanes of at least 4 members (excludes halogenated alkanes) is 12. The predicted molar refractivity (Wildman–Crippen MR) is 271 cm³/mol. The molecule has 0 heterocycles. The first-order valence-electron chi connectivity index (χ1n) is 21.5. The van der Waals surface area contributed by atoms with Gasteiger partial charge in [0.25, 0.3) is 0 Å². The van der Waals surface area contributed by atoms with Gasteiger partial charge < -0.3 is 19.2 Å². The van der Waals surface area contributed by atoms with E-state index in [1.54, 1.807) is 0 Å². The van der Waals surface area contributed by atoms with E-state index in [1.165, 1.54) is 114 Å². The van der Waals surface area contributed by atoms with Crippen LogP contribution in [0.25, 0.3) is 0 Å². The van der Waals surface area contributed by atoms with Crippen LogP contribution in [0.1, 0.15) is 165 Å². The van der Waals surface area contributed by atoms with Crippen molar-refractivity contribution in [2.45, 2.75) is 228 Å². The van der Waals surface area contributed by atoms with Gasteiger partial charge in [0.1, 0.15) is 0 Å². The number of aliphatic hydroxyl groups excluding tert-OH is 1. The van der Waals surface area contributed by atoms with Crippen molar-refractivity contribution in [3.05, 3.63) is 57.8 Å². The van der Waals surface area contributed by atoms with Crippen molar-refractivity contribution < 1.29 is 76.1 Å². The van der Waals surface area contributed by atoms with Crippen LogP contribution < -0.4 is 0 Å². The summed E-state index contributed by atoms with van der Waals surface area (Å²) in [5.74, 6) is 0. The zero-order valence-corrected chi connectivity index (χ0v) is 49.7. The van der Waals surface area contributed by atoms with Gasteiger partial charge >= 0.3 is 70.7 Å². The monoisotopic (exact) mass is 1050 g/mol. The molecule has 63 heavy (non-hydrogen) atoms. The summed E-state index contributed by atoms with van der Waals surface area (Å²) in [6.07, 6.45) is 22.8. The average Bonchev–Trinajstić information content (AvgIpc) is 3.25. The Bertz CT molecular complexity index is 837. The fourth-order valence-electron chi connectivity index (χ4n) is 4.10. The summed E-state index contributed by atoms with van der Waals surface area (Å²) in [4.78, 5) is 25.9. The molecule has 0 aromatic heterocycles. The number of allylic oxidation sites excluding steroid dienone is 2. The maximum atomic E-state index is 10.7. The molecule has 0 atom stereocenters. The zero-order chi connectivity index (χ0) is 52.2. The molecule has 0 unspecified atom stereocenters. The van der Waals surface area contributed by atoms with E-state index >= 15 is 0 Å². The smallest absolute Gasteiger partial charge is 0.545 e. The van der Waals surface area contributed by atoms with E-state index in [0.29, 0.717) is 6.04 Å². The molecule has 9 nitrogen and oxygen atoms in total. The van der Waals surface area contributed by atoms with Gasteiger partial charge in [-0.15, -0.1) is 6.58 Å². The molecule has 0 spiro atoms. The number of hydrogen-bond donors (Lipinski definition) is 1. The van der Waals surface area contributed by atoms with Gasteiger partial charge in [0.2, 0.25) is 0 Å². The number of carbonyl (C=O) groups is 1. The van der Waals surface area contributed by atoms with Crippen LogP contribution in [0, 0.1) is 33.5 Å². The summed E-state index contributed by atoms with van der Waals surface area (Å²) >= 11 is 0. The Morgan fingerprint density at radius 2 is 0.825 bits per heavy atom. The topological polar surface area (TPSA) is 168 Å². The van der Waals surface area contributed by atoms with Gasteiger partial charge in [-0.3, -0.25) is 18.4 Å². The minimum Gasteiger partial charge on any atom is -0.545 e. The van der Waals surface area contributed by atoms with Crippen molar-refractivity contribution in [2.75, 3.05) is 7.11 Å². The third-order valence-corrected chi connectivity index (χ3v) is 11.9. The van der Waals surface area contributed by atoms with Crippen LogP contribution >= 0.6 is 0 Å². The number of aliphatic hydroxyl groups is 1. The molecule has 15 heteroatoms. The zero-order valence-electron chi connectivity index (χ0n) is 43.2. The first-order valence-corrected chi connectivity index (χ1v) is 31.6. The molecule has 0 amide bonds. The van der Waals surface area contributed by atoms with Crippen molar-refractivity contribution >= 4 is 54.1 Å². The maximum absolute atomic E-state index is 10.7. The standard InChI is InChI=1S/C8H18Si.2C8H18.C7H15Si.C6H12O2Si.C4H11Si.CH4O.2CHO.4CO.2Co/c1-6-8(2)7-9(3,4)5;2*1-3-5-7-8-6-4-2;1-7(2)6-8(3,4)5;1-3-4-5-9(8)6(2)7;1-2-3-4-5;7*1-2;;/h2,6-7H2,1,3-5H3;2*3-8H2,1-2H3;1-2,6H2,3-5H3;3-5H2,1-2H3;2-5H2,1H3;2H,1H3;2*1H;;;;;;/q;;;-1;;;;2*-1;;;;;;+3. The fourth-order valence-corrected chi connectivity index (χ4v) is 8.87. The average molecular weight is 1050 g/mol. The molecule has 0 aliphatic carbocycles. The van der Waals surface area contributed by atoms with Gasteiger partial charge in [-0.2, -0.15) is 0 Å². The minimum atomic E-state index is -1.86. The van der Waals surface area contributed by atoms with Crippen molar-refractivity contribution in [3.8, 4) is 0 Å². The van der Waals surface area contributed by atoms with Crippen LogP contribution in [0.15, 0.2) is 24.3 Å². The van der Waals surface area contributed by atoms with E-state index in [2.05, 4.69) is 141 Å². The molecular weight excluding hydrogens is 951 g/mol. The summed E-state index contributed by atoms with van der Waals surface area (Å²) in [5.41, 5.74) is 2.51. The van der Waals surface area contributed by atoms with Gasteiger partial charge in [0.05, 0.1) is 0 Å². The minimum absolute atomic E-state index is 0. The van der Waals surface area contributed by atoms with Crippen molar-refractivity contribution in [3.63, 3.8) is 0 Å². The molecule has 1 N–H and O–H groups in total. The molecule has 0 aliphatic heterocycles. The number of carbonyl (C=O) groups excluding carboxylic acids is 3. The third kappa shape index (κ3) is 221. The van der Waals surface area contributed by atoms with E-state index in [9.17, 15) is 9.26 Å². The Morgan fingerprint density at radius 1 is 0.587 bits per heavy atom. The first-order chi connectivity index (χ1) is 28.8. The second-order valence-electron chi connectivity index (χ2n) is 15.4. The second-order valence-corrected chi connectivity index (χ2v) is 29.2. The Kier molecular flexibility index (Phi) is 188. The summed E-state index contributed by atoms with van der Waals surface area (Å²) < 4.78 is 40.7. The normalized spacial score (nSPS) is 7.89. The predicted octanol–water partition coefficient (Wildman–Crippen LogP) is 13.8. The summed E-state index contributed by atoms with van der Waals surface area (Å²) in [6, 6.07) is 4.43. The van der Waals surface area contributed by atoms with Crippen LogP contribution in [0.4, 0.5) is 0 Å². The maximum Gasteiger partial charge on any atom is 3.00 e. The summed E-state index contributed by atoms with van der Waals surface area (Å²) in [7, 11) is -0.532. The SMILES string of the molecule is C=C(CC)C[Si](C)(C)C.C=C([CH2-])C[Si](C)(C)C.CCCCCCCC.CCCCCCCC.CCCC[SiH2].CCCC[Si](=O)C(C)=O.CO.[C-]#[O+].[C-]#[O+].[C-]#[O+].[C-]#[O+].[CH-]=O.[CH-]=O.[Co+3].[Co]. The third-order valence-electron chi connectivity index (χ3n) is 6.73. The van der Waals surface area contributed by atoms with Crippen LogP contribution in [0.5, 0.6) is 0 Å². The van der Waals surface area contributed by atoms with Crippen LogP contribution in [0.3, 0.4) is 0 Å². The van der Waals surface area contributed by atoms with E-state index in [1.807, 2.05) is 17.2 Å². The van der Waals surface area contributed by atoms with Gasteiger partial charge in [0, 0.05) is 50.3 Å². The van der Waals surface area contributed by atoms with Gasteiger partial charge in [-0.05, 0) is 31.9 Å². The molecule has 0 bridgehead atoms. The number of rotatable bonds is 21. The Morgan fingerprint density at radius 3 is 0.921 bits per heavy atom. The molecule has 0 rings (SSSR count). The molecule has 0 saturated carbocycles. The Labute approximate surface area is 420 Å². The first kappa shape index (κ1) is 104. The number of hydrogen-bond acceptors (Lipinski definition) is 5. The molecule has 0 aromatic rings. The van der Waals surface area contributed by atoms with E-state index < -0.39 is 24.8 Å². The Hall–Kier alpha value is -1.04. The fraction of sp³-hybridized carbons (Fsp3) is 0.750. The second kappa shape index (κ2) is 113. The van der Waals surface area contributed by atoms with Gasteiger partial charge in [-0.25, -0.2) is 19.1 Å². The molecule has 0 fully saturated rings. The summed E-state index contributed by atoms with van der Waals surface area (Å²) in [6.45, 7) is 67.0. The van der Waals surface area contributed by atoms with Gasteiger partial charge in [0.15, 0.2) is 5.41 Å². The van der Waals surface area contributed by atoms with E-state index in [4.69, 9.17) is 33.3 Å². The summed E-state index contributed by atoms with van der Waals surface area (Å²) in [5, 5.41) is 6.87. The molecule has 2 radical (unpaired) electrons. The van der Waals surface area contributed by atoms with Crippen molar-refractivity contribution in [1.29, 1.82) is 0 Å². The van der Waals surface area contributed by atoms with Crippen LogP contribution in [-0.4, -0.2) is 66.3 Å². The molecule has 0 aliphatic rings. The molecule has 0 aromatic carbocycles. The van der Waals surface area contributed by atoms with Gasteiger partial charge in [-0.1, -0.05) is 202 Å². The quantitative estimate of drug-likeness (QED) is 0.0301.